The Morgan fingerprint density at radius 2 is 1.86 bits per heavy atom. The number of rotatable bonds is 11. The van der Waals surface area contributed by atoms with Crippen molar-refractivity contribution in [2.75, 3.05) is 30.9 Å². The van der Waals surface area contributed by atoms with E-state index in [1.807, 2.05) is 12.1 Å². The fraction of sp³-hybridized carbons (Fsp3) is 0.612. The molecule has 12 nitrogen and oxygen atoms in total. The van der Waals surface area contributed by atoms with Crippen molar-refractivity contribution in [3.8, 4) is 0 Å². The predicted octanol–water partition coefficient (Wildman–Crippen LogP) is 7.59. The molecule has 7 bridgehead atoms. The summed E-state index contributed by atoms with van der Waals surface area (Å²) >= 11 is 0. The van der Waals surface area contributed by atoms with Crippen LogP contribution in [-0.4, -0.2) is 80.9 Å². The van der Waals surface area contributed by atoms with Gasteiger partial charge in [0.05, 0.1) is 28.3 Å². The summed E-state index contributed by atoms with van der Waals surface area (Å²) in [5.74, 6) is 0.396. The third kappa shape index (κ3) is 7.19. The van der Waals surface area contributed by atoms with Crippen molar-refractivity contribution < 1.29 is 38.9 Å². The number of unbranched alkanes of at least 4 members (excludes halogenated alkanes) is 1. The molecule has 1 saturated heterocycles. The van der Waals surface area contributed by atoms with Gasteiger partial charge in [0.1, 0.15) is 17.3 Å². The van der Waals surface area contributed by atoms with Crippen molar-refractivity contribution in [1.82, 2.24) is 15.2 Å². The molecule has 9 atom stereocenters. The number of esters is 2. The fourth-order valence-electron chi connectivity index (χ4n) is 13.6. The first-order valence-corrected chi connectivity index (χ1v) is 25.9. The number of fused-ring (bicyclic) bond motifs is 3. The molecular weight excluding hydrogens is 837 g/mol. The lowest BCUT2D eigenvalue weighted by Crippen LogP contribution is -2.54. The Morgan fingerprint density at radius 1 is 1.05 bits per heavy atom. The number of anilines is 1. The summed E-state index contributed by atoms with van der Waals surface area (Å²) in [5, 5.41) is 27.2. The monoisotopic (exact) mass is 896 g/mol. The van der Waals surface area contributed by atoms with Crippen LogP contribution < -0.4 is 10.6 Å². The lowest BCUT2D eigenvalue weighted by Gasteiger charge is -2.58. The Bertz CT molecular complexity index is 2220. The van der Waals surface area contributed by atoms with Gasteiger partial charge in [-0.15, -0.1) is 0 Å². The summed E-state index contributed by atoms with van der Waals surface area (Å²) in [4.78, 5) is 62.7. The molecule has 10 aliphatic rings. The number of aliphatic hydroxyl groups is 2. The van der Waals surface area contributed by atoms with Crippen molar-refractivity contribution in [1.29, 1.82) is 0 Å². The first-order valence-electron chi connectivity index (χ1n) is 23.5. The molecule has 0 unspecified atom stereocenters. The first kappa shape index (κ1) is 43.2. The van der Waals surface area contributed by atoms with Crippen LogP contribution in [0.5, 0.6) is 0 Å². The molecule has 5 heterocycles. The van der Waals surface area contributed by atoms with E-state index in [9.17, 15) is 24.6 Å². The number of allylic oxidation sites excluding steroid dienone is 4. The second-order valence-electron chi connectivity index (χ2n) is 19.5. The number of hydrogen-bond acceptors (Lipinski definition) is 13. The van der Waals surface area contributed by atoms with Crippen molar-refractivity contribution in [2.24, 2.45) is 40.4 Å². The third-order valence-corrected chi connectivity index (χ3v) is 18.9. The van der Waals surface area contributed by atoms with Gasteiger partial charge in [0.15, 0.2) is 0 Å². The van der Waals surface area contributed by atoms with Crippen LogP contribution in [0.15, 0.2) is 75.9 Å². The Kier molecular flexibility index (Phi) is 11.8. The SMILES string of the molecule is CCC1(C2=C3OC(=O)C4=C3[C@@H](CC2)C[C@H]2[C@@H]3CC[C@@]5(C6=C3[C@H](CN3C(=O)C=CC3=O)c3ccnc(c3)NCSS[C@H](NC[C@H](C)O)[C@@H](CCCCO)C/C=C\5OC6=O)[C@@H]42)CCCC1. The standard InChI is InChI=1S/C49H60N4O8S2/c1-3-48(17-5-6-18-48)34-11-9-30-22-32-31-15-19-49(42(32)41-39(30)44(34)61-46(41)58)35-12-10-28(8-4-7-21-54)45(51-24-27(2)55)63-62-26-52-36-23-29(16-20-50-36)33(40(31)43(49)47(59)60-35)25-53-37(56)13-14-38(53)57/h12-14,16,20,23,27-28,30-33,42,45,51,54-55H,3-11,15,17-19,21-22,24-26H2,1-2H3,(H,50,52)/b35-12+/t27-,28-,30-,31-,32-,33+,42+,45-,49-/m0/s1. The van der Waals surface area contributed by atoms with Gasteiger partial charge < -0.3 is 30.3 Å². The second kappa shape index (κ2) is 17.3. The molecule has 4 aliphatic heterocycles. The van der Waals surface area contributed by atoms with Crippen molar-refractivity contribution in [2.45, 2.75) is 121 Å². The number of carbonyl (C=O) groups excluding carboxylic acids is 4. The van der Waals surface area contributed by atoms with Crippen molar-refractivity contribution in [3.63, 3.8) is 0 Å². The molecule has 4 N–H and O–H groups in total. The third-order valence-electron chi connectivity index (χ3n) is 16.4. The summed E-state index contributed by atoms with van der Waals surface area (Å²) in [7, 11) is 3.33. The molecule has 2 saturated carbocycles. The van der Waals surface area contributed by atoms with Gasteiger partial charge in [0.2, 0.25) is 0 Å². The van der Waals surface area contributed by atoms with E-state index < -0.39 is 23.4 Å². The van der Waals surface area contributed by atoms with Gasteiger partial charge in [-0.05, 0) is 142 Å². The number of hydrogen-bond donors (Lipinski definition) is 4. The van der Waals surface area contributed by atoms with Crippen LogP contribution in [0.3, 0.4) is 0 Å². The van der Waals surface area contributed by atoms with E-state index in [4.69, 9.17) is 9.47 Å². The minimum Gasteiger partial charge on any atom is -0.427 e. The number of aromatic nitrogens is 1. The number of ether oxygens (including phenoxy) is 2. The van der Waals surface area contributed by atoms with Crippen molar-refractivity contribution >= 4 is 51.2 Å². The minimum atomic E-state index is -0.957. The highest BCUT2D eigenvalue weighted by molar-refractivity contribution is 8.76. The molecular formula is C49H60N4O8S2. The van der Waals surface area contributed by atoms with Crippen molar-refractivity contribution in [3.05, 3.63) is 81.5 Å². The molecule has 11 rings (SSSR count). The maximum absolute atomic E-state index is 15.1. The number of amides is 2. The summed E-state index contributed by atoms with van der Waals surface area (Å²) < 4.78 is 13.2. The maximum atomic E-state index is 15.1. The normalized spacial score (nSPS) is 34.5. The number of imide groups is 1. The number of aliphatic hydroxyl groups excluding tert-OH is 2. The first-order chi connectivity index (χ1) is 30.6. The molecule has 2 amide bonds. The molecule has 63 heavy (non-hydrogen) atoms. The molecule has 1 aromatic heterocycles. The lowest BCUT2D eigenvalue weighted by molar-refractivity contribution is -0.137. The average molecular weight is 897 g/mol. The molecule has 0 aromatic carbocycles. The average Bonchev–Trinajstić information content (AvgIpc) is 4.06. The highest BCUT2D eigenvalue weighted by Gasteiger charge is 2.70. The Balaban J connectivity index is 1.18. The molecule has 1 aromatic rings. The number of carbonyl (C=O) groups is 4. The largest absolute Gasteiger partial charge is 0.427 e. The van der Waals surface area contributed by atoms with Crippen LogP contribution in [0.2, 0.25) is 0 Å². The fourth-order valence-corrected chi connectivity index (χ4v) is 16.1. The van der Waals surface area contributed by atoms with E-state index in [2.05, 4.69) is 28.6 Å². The van der Waals surface area contributed by atoms with E-state index in [0.29, 0.717) is 48.8 Å². The summed E-state index contributed by atoms with van der Waals surface area (Å²) in [6.45, 7) is 4.61. The summed E-state index contributed by atoms with van der Waals surface area (Å²) in [6.07, 6.45) is 18.5. The van der Waals surface area contributed by atoms with Gasteiger partial charge in [-0.25, -0.2) is 14.6 Å². The molecule has 3 fully saturated rings. The van der Waals surface area contributed by atoms with E-state index >= 15 is 4.79 Å². The Labute approximate surface area is 377 Å². The van der Waals surface area contributed by atoms with E-state index in [1.54, 1.807) is 34.7 Å². The summed E-state index contributed by atoms with van der Waals surface area (Å²) in [6, 6.07) is 3.92. The van der Waals surface area contributed by atoms with Crippen LogP contribution in [0.4, 0.5) is 5.82 Å². The summed E-state index contributed by atoms with van der Waals surface area (Å²) in [5.41, 5.74) is 4.61. The second-order valence-corrected chi connectivity index (χ2v) is 22.0. The van der Waals surface area contributed by atoms with Gasteiger partial charge in [0, 0.05) is 61.0 Å². The van der Waals surface area contributed by atoms with Crippen LogP contribution in [0, 0.1) is 40.4 Å². The number of nitrogens with zero attached hydrogens (tertiary/aromatic N) is 2. The topological polar surface area (TPSA) is 167 Å². The van der Waals surface area contributed by atoms with Gasteiger partial charge in [-0.3, -0.25) is 14.5 Å². The van der Waals surface area contributed by atoms with E-state index in [1.165, 1.54) is 35.5 Å². The van der Waals surface area contributed by atoms with E-state index in [-0.39, 0.29) is 71.3 Å². The predicted molar refractivity (Wildman–Crippen MR) is 241 cm³/mol. The lowest BCUT2D eigenvalue weighted by atomic mass is 9.42. The highest BCUT2D eigenvalue weighted by Crippen LogP contribution is 2.73. The van der Waals surface area contributed by atoms with E-state index in [0.717, 1.165) is 85.8 Å². The zero-order valence-corrected chi connectivity index (χ0v) is 38.0. The van der Waals surface area contributed by atoms with Crippen LogP contribution >= 0.6 is 21.6 Å². The van der Waals surface area contributed by atoms with Gasteiger partial charge in [-0.2, -0.15) is 0 Å². The highest BCUT2D eigenvalue weighted by atomic mass is 33.1. The quantitative estimate of drug-likeness (QED) is 0.0744. The van der Waals surface area contributed by atoms with Gasteiger partial charge in [-0.1, -0.05) is 47.8 Å². The van der Waals surface area contributed by atoms with Crippen LogP contribution in [0.1, 0.15) is 115 Å². The molecule has 14 heteroatoms. The van der Waals surface area contributed by atoms with Gasteiger partial charge in [0.25, 0.3) is 11.8 Å². The minimum absolute atomic E-state index is 0.00379. The zero-order valence-electron chi connectivity index (χ0n) is 36.4. The molecule has 6 aliphatic carbocycles. The number of pyridine rings is 1. The van der Waals surface area contributed by atoms with Crippen LogP contribution in [0.25, 0.3) is 0 Å². The Hall–Kier alpha value is -3.69. The van der Waals surface area contributed by atoms with Gasteiger partial charge >= 0.3 is 11.9 Å². The Morgan fingerprint density at radius 3 is 2.62 bits per heavy atom. The zero-order chi connectivity index (χ0) is 43.6. The molecule has 336 valence electrons. The molecule has 0 radical (unpaired) electrons. The van der Waals surface area contributed by atoms with Crippen LogP contribution in [-0.2, 0) is 28.7 Å². The number of nitrogens with one attached hydrogen (secondary N) is 2. The smallest absolute Gasteiger partial charge is 0.340 e. The molecule has 1 spiro atoms. The maximum Gasteiger partial charge on any atom is 0.340 e.